The second-order valence-electron chi connectivity index (χ2n) is 7.96. The SMILES string of the molecule is Cc1ccc(C(=O)NN2C(c3cccc([N+](=O)[O-])c3)=Nc3c(-c4ccccc4)n[nH]c3C2I)cc1. The average molecular weight is 578 g/mol. The Morgan fingerprint density at radius 2 is 1.77 bits per heavy atom. The number of aryl methyl sites for hydroxylation is 1. The molecule has 0 fully saturated rings. The lowest BCUT2D eigenvalue weighted by Gasteiger charge is -2.33. The third-order valence-electron chi connectivity index (χ3n) is 5.58. The van der Waals surface area contributed by atoms with Gasteiger partial charge >= 0.3 is 0 Å². The van der Waals surface area contributed by atoms with E-state index >= 15 is 0 Å². The largest absolute Gasteiger partial charge is 0.277 e. The fraction of sp³-hybridized carbons (Fsp3) is 0.0800. The molecule has 10 heteroatoms. The van der Waals surface area contributed by atoms with Crippen LogP contribution in [-0.4, -0.2) is 31.9 Å². The number of halogens is 1. The number of aliphatic imine (C=N–C) groups is 1. The van der Waals surface area contributed by atoms with E-state index < -0.39 is 8.97 Å². The van der Waals surface area contributed by atoms with Crippen LogP contribution >= 0.6 is 22.6 Å². The molecule has 0 aliphatic carbocycles. The lowest BCUT2D eigenvalue weighted by molar-refractivity contribution is -0.384. The van der Waals surface area contributed by atoms with Crippen molar-refractivity contribution in [3.05, 3.63) is 111 Å². The fourth-order valence-electron chi connectivity index (χ4n) is 3.77. The summed E-state index contributed by atoms with van der Waals surface area (Å²) in [7, 11) is 0. The zero-order valence-electron chi connectivity index (χ0n) is 18.5. The third-order valence-corrected chi connectivity index (χ3v) is 6.76. The highest BCUT2D eigenvalue weighted by Crippen LogP contribution is 2.43. The molecule has 0 saturated carbocycles. The van der Waals surface area contributed by atoms with E-state index in [1.165, 1.54) is 12.1 Å². The Morgan fingerprint density at radius 3 is 2.49 bits per heavy atom. The van der Waals surface area contributed by atoms with Gasteiger partial charge in [-0.2, -0.15) is 5.10 Å². The molecule has 9 nitrogen and oxygen atoms in total. The number of nitrogens with zero attached hydrogens (tertiary/aromatic N) is 4. The van der Waals surface area contributed by atoms with Gasteiger partial charge in [-0.15, -0.1) is 0 Å². The molecule has 5 rings (SSSR count). The summed E-state index contributed by atoms with van der Waals surface area (Å²) in [6.45, 7) is 1.95. The number of hydrazine groups is 1. The van der Waals surface area contributed by atoms with Crippen LogP contribution in [0.25, 0.3) is 11.3 Å². The molecule has 1 atom stereocenters. The number of aromatic nitrogens is 2. The zero-order valence-corrected chi connectivity index (χ0v) is 20.6. The van der Waals surface area contributed by atoms with Gasteiger partial charge < -0.3 is 0 Å². The topological polar surface area (TPSA) is 117 Å². The lowest BCUT2D eigenvalue weighted by atomic mass is 10.1. The number of rotatable bonds is 5. The number of hydrogen-bond donors (Lipinski definition) is 2. The molecule has 4 aromatic rings. The number of nitro benzene ring substituents is 1. The smallest absolute Gasteiger partial charge is 0.270 e. The summed E-state index contributed by atoms with van der Waals surface area (Å²) in [6.07, 6.45) is 0. The molecule has 174 valence electrons. The predicted molar refractivity (Wildman–Crippen MR) is 141 cm³/mol. The first-order chi connectivity index (χ1) is 16.9. The Labute approximate surface area is 214 Å². The first kappa shape index (κ1) is 22.7. The summed E-state index contributed by atoms with van der Waals surface area (Å²) in [4.78, 5) is 28.9. The standard InChI is InChI=1S/C25H19IN6O3/c1-15-10-12-17(13-11-15)25(33)30-31-23(26)22-21(20(28-29-22)16-6-3-2-4-7-16)27-24(31)18-8-5-9-19(14-18)32(34)35/h2-14,23H,1H3,(H,28,29)(H,30,33). The van der Waals surface area contributed by atoms with Gasteiger partial charge in [-0.05, 0) is 41.6 Å². The number of amides is 1. The van der Waals surface area contributed by atoms with Gasteiger partial charge in [0.15, 0.2) is 5.84 Å². The highest BCUT2D eigenvalue weighted by molar-refractivity contribution is 14.1. The van der Waals surface area contributed by atoms with Crippen LogP contribution in [0.4, 0.5) is 11.4 Å². The molecule has 2 N–H and O–H groups in total. The van der Waals surface area contributed by atoms with Crippen molar-refractivity contribution in [2.45, 2.75) is 11.0 Å². The number of hydrogen-bond acceptors (Lipinski definition) is 6. The Morgan fingerprint density at radius 1 is 1.06 bits per heavy atom. The molecule has 3 aromatic carbocycles. The molecule has 0 bridgehead atoms. The summed E-state index contributed by atoms with van der Waals surface area (Å²) in [5, 5.41) is 20.6. The first-order valence-electron chi connectivity index (χ1n) is 10.7. The van der Waals surface area contributed by atoms with Gasteiger partial charge in [0.25, 0.3) is 11.6 Å². The minimum Gasteiger partial charge on any atom is -0.277 e. The van der Waals surface area contributed by atoms with E-state index in [4.69, 9.17) is 4.99 Å². The van der Waals surface area contributed by atoms with Crippen LogP contribution in [0.1, 0.15) is 31.2 Å². The number of nitrogens with one attached hydrogen (secondary N) is 2. The van der Waals surface area contributed by atoms with Crippen molar-refractivity contribution in [2.75, 3.05) is 0 Å². The molecular formula is C25H19IN6O3. The van der Waals surface area contributed by atoms with E-state index in [0.29, 0.717) is 34.0 Å². The maximum Gasteiger partial charge on any atom is 0.270 e. The van der Waals surface area contributed by atoms with Crippen molar-refractivity contribution in [2.24, 2.45) is 4.99 Å². The van der Waals surface area contributed by atoms with Gasteiger partial charge in [0.1, 0.15) is 15.4 Å². The van der Waals surface area contributed by atoms with Crippen LogP contribution in [0.5, 0.6) is 0 Å². The van der Waals surface area contributed by atoms with Crippen molar-refractivity contribution in [1.82, 2.24) is 20.6 Å². The Balaban J connectivity index is 1.61. The number of amidine groups is 1. The molecule has 1 aromatic heterocycles. The number of aromatic amines is 1. The average Bonchev–Trinajstić information content (AvgIpc) is 3.31. The number of non-ortho nitro benzene ring substituents is 1. The van der Waals surface area contributed by atoms with Crippen molar-refractivity contribution < 1.29 is 9.72 Å². The number of alkyl halides is 1. The Hall–Kier alpha value is -4.06. The summed E-state index contributed by atoms with van der Waals surface area (Å²) in [6, 6.07) is 23.0. The number of carbonyl (C=O) groups excluding carboxylic acids is 1. The Bertz CT molecular complexity index is 1450. The van der Waals surface area contributed by atoms with Crippen molar-refractivity contribution in [3.63, 3.8) is 0 Å². The van der Waals surface area contributed by atoms with Crippen molar-refractivity contribution >= 4 is 45.7 Å². The van der Waals surface area contributed by atoms with Crippen molar-refractivity contribution in [3.8, 4) is 11.3 Å². The second-order valence-corrected chi connectivity index (χ2v) is 9.14. The Kier molecular flexibility index (Phi) is 6.03. The van der Waals surface area contributed by atoms with Crippen LogP contribution in [0.2, 0.25) is 0 Å². The molecule has 1 aliphatic heterocycles. The van der Waals surface area contributed by atoms with Gasteiger partial charge in [0, 0.05) is 28.8 Å². The number of fused-ring (bicyclic) bond motifs is 1. The van der Waals surface area contributed by atoms with E-state index in [-0.39, 0.29) is 11.6 Å². The maximum absolute atomic E-state index is 13.1. The summed E-state index contributed by atoms with van der Waals surface area (Å²) >= 11 is 2.19. The molecule has 2 heterocycles. The zero-order chi connectivity index (χ0) is 24.5. The van der Waals surface area contributed by atoms with E-state index in [2.05, 4.69) is 38.2 Å². The van der Waals surface area contributed by atoms with Crippen molar-refractivity contribution in [1.29, 1.82) is 0 Å². The number of benzene rings is 3. The molecular weight excluding hydrogens is 559 g/mol. The second kappa shape index (κ2) is 9.29. The van der Waals surface area contributed by atoms with Gasteiger partial charge in [-0.3, -0.25) is 25.4 Å². The molecule has 0 radical (unpaired) electrons. The number of nitro groups is 1. The maximum atomic E-state index is 13.1. The first-order valence-corrected chi connectivity index (χ1v) is 11.9. The van der Waals surface area contributed by atoms with E-state index in [1.807, 2.05) is 49.4 Å². The van der Waals surface area contributed by atoms with E-state index in [0.717, 1.165) is 11.1 Å². The summed E-state index contributed by atoms with van der Waals surface area (Å²) < 4.78 is -0.409. The summed E-state index contributed by atoms with van der Waals surface area (Å²) in [5.41, 5.74) is 7.76. The van der Waals surface area contributed by atoms with Crippen LogP contribution in [0.15, 0.2) is 83.9 Å². The molecule has 1 amide bonds. The normalized spacial score (nSPS) is 14.7. The molecule has 0 saturated heterocycles. The van der Waals surface area contributed by atoms with Gasteiger partial charge in [-0.1, -0.05) is 60.2 Å². The minimum absolute atomic E-state index is 0.0682. The van der Waals surface area contributed by atoms with Crippen LogP contribution in [0.3, 0.4) is 0 Å². The number of carbonyl (C=O) groups is 1. The third kappa shape index (κ3) is 4.39. The highest BCUT2D eigenvalue weighted by Gasteiger charge is 2.34. The molecule has 35 heavy (non-hydrogen) atoms. The minimum atomic E-state index is -0.456. The van der Waals surface area contributed by atoms with Gasteiger partial charge in [0.05, 0.1) is 10.6 Å². The van der Waals surface area contributed by atoms with Crippen LogP contribution < -0.4 is 5.43 Å². The summed E-state index contributed by atoms with van der Waals surface area (Å²) in [5.74, 6) is 0.0516. The van der Waals surface area contributed by atoms with Crippen LogP contribution in [0, 0.1) is 17.0 Å². The highest BCUT2D eigenvalue weighted by atomic mass is 127. The quantitative estimate of drug-likeness (QED) is 0.107. The lowest BCUT2D eigenvalue weighted by Crippen LogP contribution is -2.48. The van der Waals surface area contributed by atoms with Gasteiger partial charge in [0.2, 0.25) is 0 Å². The molecule has 0 spiro atoms. The predicted octanol–water partition coefficient (Wildman–Crippen LogP) is 5.47. The molecule has 1 aliphatic rings. The monoisotopic (exact) mass is 578 g/mol. The van der Waals surface area contributed by atoms with E-state index in [1.54, 1.807) is 29.3 Å². The number of H-pyrrole nitrogens is 1. The van der Waals surface area contributed by atoms with Gasteiger partial charge in [-0.25, -0.2) is 10.0 Å². The van der Waals surface area contributed by atoms with E-state index in [9.17, 15) is 14.9 Å². The fourth-order valence-corrected chi connectivity index (χ4v) is 4.61. The van der Waals surface area contributed by atoms with Crippen LogP contribution in [-0.2, 0) is 0 Å². The molecule has 1 unspecified atom stereocenters.